The summed E-state index contributed by atoms with van der Waals surface area (Å²) in [5.41, 5.74) is 1.69. The van der Waals surface area contributed by atoms with Crippen molar-refractivity contribution in [2.75, 3.05) is 7.11 Å². The van der Waals surface area contributed by atoms with E-state index in [0.717, 1.165) is 12.8 Å². The molecule has 0 saturated heterocycles. The van der Waals surface area contributed by atoms with E-state index in [-0.39, 0.29) is 5.97 Å². The highest BCUT2D eigenvalue weighted by Gasteiger charge is 2.21. The van der Waals surface area contributed by atoms with Gasteiger partial charge >= 0.3 is 5.97 Å². The zero-order valence-corrected chi connectivity index (χ0v) is 9.43. The van der Waals surface area contributed by atoms with Crippen molar-refractivity contribution in [1.29, 1.82) is 0 Å². The Bertz CT molecular complexity index is 239. The Morgan fingerprint density at radius 3 is 2.71 bits per heavy atom. The molecule has 0 aromatic rings. The number of methoxy groups -OCH3 is 1. The van der Waals surface area contributed by atoms with Crippen LogP contribution < -0.4 is 0 Å². The molecule has 2 heteroatoms. The molecule has 1 saturated carbocycles. The van der Waals surface area contributed by atoms with Gasteiger partial charge in [0.15, 0.2) is 0 Å². The van der Waals surface area contributed by atoms with E-state index in [0.29, 0.717) is 5.41 Å². The van der Waals surface area contributed by atoms with Gasteiger partial charge in [-0.1, -0.05) is 19.4 Å². The third-order valence-electron chi connectivity index (χ3n) is 3.00. The third-order valence-corrected chi connectivity index (χ3v) is 3.00. The number of carbonyl (C=O) groups is 1. The van der Waals surface area contributed by atoms with Crippen molar-refractivity contribution >= 4 is 5.97 Å². The summed E-state index contributed by atoms with van der Waals surface area (Å²) in [5, 5.41) is 0. The van der Waals surface area contributed by atoms with Gasteiger partial charge in [0, 0.05) is 6.08 Å². The molecule has 0 spiro atoms. The molecule has 0 bridgehead atoms. The van der Waals surface area contributed by atoms with Crippen LogP contribution in [-0.2, 0) is 9.53 Å². The van der Waals surface area contributed by atoms with Gasteiger partial charge in [-0.25, -0.2) is 4.79 Å². The number of rotatable bonds is 1. The van der Waals surface area contributed by atoms with Crippen molar-refractivity contribution in [2.45, 2.75) is 46.0 Å². The number of ether oxygens (including phenoxy) is 1. The molecule has 0 aromatic carbocycles. The van der Waals surface area contributed by atoms with Crippen molar-refractivity contribution in [3.63, 3.8) is 0 Å². The highest BCUT2D eigenvalue weighted by Crippen LogP contribution is 2.35. The fourth-order valence-electron chi connectivity index (χ4n) is 1.91. The summed E-state index contributed by atoms with van der Waals surface area (Å²) in [4.78, 5) is 11.1. The van der Waals surface area contributed by atoms with Crippen LogP contribution in [0.4, 0.5) is 0 Å². The summed E-state index contributed by atoms with van der Waals surface area (Å²) in [7, 11) is 1.43. The zero-order chi connectivity index (χ0) is 10.6. The Hall–Kier alpha value is -0.790. The van der Waals surface area contributed by atoms with Crippen LogP contribution in [0.2, 0.25) is 0 Å². The van der Waals surface area contributed by atoms with E-state index in [4.69, 9.17) is 0 Å². The first-order chi connectivity index (χ1) is 6.53. The lowest BCUT2D eigenvalue weighted by Gasteiger charge is -2.21. The molecule has 0 aliphatic heterocycles. The molecule has 1 rings (SSSR count). The standard InChI is InChI=1S/C12H20O2/c1-12(2)7-4-5-10(6-8-12)9-11(13)14-3/h9H,4-8H2,1-3H3/b10-9-. The van der Waals surface area contributed by atoms with E-state index in [2.05, 4.69) is 18.6 Å². The predicted molar refractivity (Wildman–Crippen MR) is 57.0 cm³/mol. The second-order valence-electron chi connectivity index (χ2n) is 4.84. The van der Waals surface area contributed by atoms with Gasteiger partial charge in [0.25, 0.3) is 0 Å². The average Bonchev–Trinajstić information content (AvgIpc) is 2.28. The quantitative estimate of drug-likeness (QED) is 0.366. The first-order valence-corrected chi connectivity index (χ1v) is 5.31. The molecular formula is C12H20O2. The van der Waals surface area contributed by atoms with Crippen LogP contribution in [0.3, 0.4) is 0 Å². The third kappa shape index (κ3) is 3.52. The summed E-state index contributed by atoms with van der Waals surface area (Å²) in [6, 6.07) is 0. The maximum absolute atomic E-state index is 11.1. The maximum atomic E-state index is 11.1. The van der Waals surface area contributed by atoms with Crippen molar-refractivity contribution in [2.24, 2.45) is 5.41 Å². The van der Waals surface area contributed by atoms with E-state index >= 15 is 0 Å². The largest absolute Gasteiger partial charge is 0.466 e. The van der Waals surface area contributed by atoms with Crippen LogP contribution in [0.25, 0.3) is 0 Å². The van der Waals surface area contributed by atoms with Crippen molar-refractivity contribution in [1.82, 2.24) is 0 Å². The number of carbonyl (C=O) groups excluding carboxylic acids is 1. The fraction of sp³-hybridized carbons (Fsp3) is 0.750. The van der Waals surface area contributed by atoms with Crippen LogP contribution in [0.1, 0.15) is 46.0 Å². The Morgan fingerprint density at radius 2 is 2.07 bits per heavy atom. The molecule has 0 N–H and O–H groups in total. The number of hydrogen-bond acceptors (Lipinski definition) is 2. The van der Waals surface area contributed by atoms with Gasteiger partial charge in [-0.3, -0.25) is 0 Å². The molecule has 2 nitrogen and oxygen atoms in total. The highest BCUT2D eigenvalue weighted by molar-refractivity contribution is 5.82. The molecule has 80 valence electrons. The lowest BCUT2D eigenvalue weighted by Crippen LogP contribution is -2.08. The molecule has 14 heavy (non-hydrogen) atoms. The minimum absolute atomic E-state index is 0.209. The molecule has 1 aliphatic rings. The molecule has 1 fully saturated rings. The van der Waals surface area contributed by atoms with E-state index in [1.165, 1.54) is 31.9 Å². The summed E-state index contributed by atoms with van der Waals surface area (Å²) in [5.74, 6) is -0.209. The number of hydrogen-bond donors (Lipinski definition) is 0. The van der Waals surface area contributed by atoms with Crippen molar-refractivity contribution in [3.8, 4) is 0 Å². The molecule has 0 atom stereocenters. The van der Waals surface area contributed by atoms with Crippen LogP contribution in [0, 0.1) is 5.41 Å². The van der Waals surface area contributed by atoms with E-state index in [9.17, 15) is 4.79 Å². The van der Waals surface area contributed by atoms with Crippen molar-refractivity contribution < 1.29 is 9.53 Å². The van der Waals surface area contributed by atoms with Crippen LogP contribution >= 0.6 is 0 Å². The van der Waals surface area contributed by atoms with E-state index < -0.39 is 0 Å². The molecule has 0 radical (unpaired) electrons. The molecule has 0 heterocycles. The Balaban J connectivity index is 2.58. The topological polar surface area (TPSA) is 26.3 Å². The van der Waals surface area contributed by atoms with Gasteiger partial charge in [0.05, 0.1) is 7.11 Å². The molecule has 0 amide bonds. The second kappa shape index (κ2) is 4.63. The maximum Gasteiger partial charge on any atom is 0.330 e. The first kappa shape index (κ1) is 11.3. The number of allylic oxidation sites excluding steroid dienone is 1. The highest BCUT2D eigenvalue weighted by atomic mass is 16.5. The Labute approximate surface area is 86.3 Å². The monoisotopic (exact) mass is 196 g/mol. The van der Waals surface area contributed by atoms with Gasteiger partial charge in [-0.15, -0.1) is 0 Å². The fourth-order valence-corrected chi connectivity index (χ4v) is 1.91. The minimum Gasteiger partial charge on any atom is -0.466 e. The molecule has 0 aromatic heterocycles. The zero-order valence-electron chi connectivity index (χ0n) is 9.43. The van der Waals surface area contributed by atoms with Crippen LogP contribution in [0.15, 0.2) is 11.6 Å². The molecular weight excluding hydrogens is 176 g/mol. The van der Waals surface area contributed by atoms with Gasteiger partial charge in [-0.05, 0) is 37.5 Å². The predicted octanol–water partition coefficient (Wildman–Crippen LogP) is 3.08. The summed E-state index contributed by atoms with van der Waals surface area (Å²) in [6.45, 7) is 4.60. The van der Waals surface area contributed by atoms with E-state index in [1.807, 2.05) is 0 Å². The molecule has 0 unspecified atom stereocenters. The molecule has 1 aliphatic carbocycles. The number of esters is 1. The summed E-state index contributed by atoms with van der Waals surface area (Å²) >= 11 is 0. The smallest absolute Gasteiger partial charge is 0.330 e. The summed E-state index contributed by atoms with van der Waals surface area (Å²) in [6.07, 6.45) is 7.39. The van der Waals surface area contributed by atoms with E-state index in [1.54, 1.807) is 6.08 Å². The van der Waals surface area contributed by atoms with Gasteiger partial charge in [0.1, 0.15) is 0 Å². The van der Waals surface area contributed by atoms with Crippen LogP contribution in [-0.4, -0.2) is 13.1 Å². The lowest BCUT2D eigenvalue weighted by molar-refractivity contribution is -0.134. The van der Waals surface area contributed by atoms with Gasteiger partial charge in [-0.2, -0.15) is 0 Å². The SMILES string of the molecule is COC(=O)/C=C1/CCCC(C)(C)CC1. The Morgan fingerprint density at radius 1 is 1.36 bits per heavy atom. The van der Waals surface area contributed by atoms with Gasteiger partial charge in [0.2, 0.25) is 0 Å². The minimum atomic E-state index is -0.209. The lowest BCUT2D eigenvalue weighted by atomic mass is 9.85. The second-order valence-corrected chi connectivity index (χ2v) is 4.84. The normalized spacial score (nSPS) is 24.4. The van der Waals surface area contributed by atoms with Crippen molar-refractivity contribution in [3.05, 3.63) is 11.6 Å². The first-order valence-electron chi connectivity index (χ1n) is 5.31. The Kier molecular flexibility index (Phi) is 3.73. The van der Waals surface area contributed by atoms with Crippen LogP contribution in [0.5, 0.6) is 0 Å². The average molecular weight is 196 g/mol. The van der Waals surface area contributed by atoms with Gasteiger partial charge < -0.3 is 4.74 Å². The summed E-state index contributed by atoms with van der Waals surface area (Å²) < 4.78 is 4.63.